The summed E-state index contributed by atoms with van der Waals surface area (Å²) in [4.78, 5) is 0. The smallest absolute Gasteiger partial charge is 0.214 e. The average Bonchev–Trinajstić information content (AvgIpc) is 2.37. The molecule has 3 N–H and O–H groups in total. The first-order valence-corrected chi connectivity index (χ1v) is 8.72. The van der Waals surface area contributed by atoms with Gasteiger partial charge in [0.2, 0.25) is 10.0 Å². The second kappa shape index (κ2) is 7.13. The number of nitrogens with one attached hydrogen (secondary N) is 1. The summed E-state index contributed by atoms with van der Waals surface area (Å²) in [6, 6.07) is 7.03. The highest BCUT2D eigenvalue weighted by Gasteiger charge is 2.22. The summed E-state index contributed by atoms with van der Waals surface area (Å²) < 4.78 is 31.9. The van der Waals surface area contributed by atoms with Crippen LogP contribution in [0.4, 0.5) is 5.69 Å². The molecule has 0 aromatic heterocycles. The number of hydrogen-bond donors (Lipinski definition) is 2. The first-order valence-electron chi connectivity index (χ1n) is 7.06. The van der Waals surface area contributed by atoms with E-state index >= 15 is 0 Å². The molecule has 1 rings (SSSR count). The average molecular weight is 314 g/mol. The van der Waals surface area contributed by atoms with Crippen molar-refractivity contribution in [3.05, 3.63) is 24.3 Å². The molecule has 0 saturated heterocycles. The third-order valence-electron chi connectivity index (χ3n) is 3.62. The van der Waals surface area contributed by atoms with Gasteiger partial charge in [0.25, 0.3) is 0 Å². The van der Waals surface area contributed by atoms with Crippen LogP contribution < -0.4 is 15.2 Å². The number of ether oxygens (including phenoxy) is 1. The van der Waals surface area contributed by atoms with Gasteiger partial charge in [-0.05, 0) is 23.5 Å². The number of anilines is 1. The highest BCUT2D eigenvalue weighted by atomic mass is 32.2. The topological polar surface area (TPSA) is 81.4 Å². The summed E-state index contributed by atoms with van der Waals surface area (Å²) in [5.74, 6) is 0.673. The Bertz CT molecular complexity index is 550. The van der Waals surface area contributed by atoms with Gasteiger partial charge in [-0.25, -0.2) is 13.1 Å². The molecule has 0 aliphatic rings. The van der Waals surface area contributed by atoms with E-state index in [0.717, 1.165) is 0 Å². The number of sulfonamides is 1. The fourth-order valence-corrected chi connectivity index (χ4v) is 2.45. The molecule has 21 heavy (non-hydrogen) atoms. The zero-order valence-corrected chi connectivity index (χ0v) is 14.0. The lowest BCUT2D eigenvalue weighted by Gasteiger charge is -2.27. The summed E-state index contributed by atoms with van der Waals surface area (Å²) in [6.07, 6.45) is 0. The molecule has 0 heterocycles. The van der Waals surface area contributed by atoms with Crippen molar-refractivity contribution in [1.29, 1.82) is 0 Å². The second-order valence-corrected chi connectivity index (χ2v) is 8.25. The van der Waals surface area contributed by atoms with E-state index in [9.17, 15) is 8.42 Å². The van der Waals surface area contributed by atoms with Crippen molar-refractivity contribution < 1.29 is 13.2 Å². The summed E-state index contributed by atoms with van der Waals surface area (Å²) in [5.41, 5.74) is 6.30. The number of nitrogen functional groups attached to an aromatic ring is 1. The highest BCUT2D eigenvalue weighted by molar-refractivity contribution is 7.89. The highest BCUT2D eigenvalue weighted by Crippen LogP contribution is 2.24. The molecule has 5 nitrogen and oxygen atoms in total. The lowest BCUT2D eigenvalue weighted by molar-refractivity contribution is 0.262. The maximum absolute atomic E-state index is 11.9. The Balaban J connectivity index is 2.42. The maximum atomic E-state index is 11.9. The largest absolute Gasteiger partial charge is 0.490 e. The fourth-order valence-electron chi connectivity index (χ4n) is 1.50. The molecule has 1 unspecified atom stereocenters. The summed E-state index contributed by atoms with van der Waals surface area (Å²) in [5, 5.41) is 0. The lowest BCUT2D eigenvalue weighted by atomic mass is 9.82. The minimum Gasteiger partial charge on any atom is -0.490 e. The molecule has 1 atom stereocenters. The van der Waals surface area contributed by atoms with Crippen molar-refractivity contribution in [3.8, 4) is 5.75 Å². The summed E-state index contributed by atoms with van der Waals surface area (Å²) in [6.45, 7) is 8.81. The van der Waals surface area contributed by atoms with Crippen LogP contribution in [0.2, 0.25) is 0 Å². The molecule has 0 fully saturated rings. The Kier molecular flexibility index (Phi) is 6.04. The Morgan fingerprint density at radius 3 is 2.48 bits per heavy atom. The van der Waals surface area contributed by atoms with Crippen molar-refractivity contribution >= 4 is 15.7 Å². The molecular formula is C15H26N2O3S. The Labute approximate surface area is 127 Å². The second-order valence-electron chi connectivity index (χ2n) is 6.32. The quantitative estimate of drug-likeness (QED) is 0.756. The Morgan fingerprint density at radius 2 is 1.90 bits per heavy atom. The van der Waals surface area contributed by atoms with Crippen molar-refractivity contribution in [2.45, 2.75) is 27.7 Å². The molecule has 0 aliphatic carbocycles. The van der Waals surface area contributed by atoms with Crippen molar-refractivity contribution in [2.24, 2.45) is 11.3 Å². The minimum atomic E-state index is -3.34. The van der Waals surface area contributed by atoms with Crippen LogP contribution >= 0.6 is 0 Å². The molecular weight excluding hydrogens is 288 g/mol. The van der Waals surface area contributed by atoms with Crippen LogP contribution in [-0.4, -0.2) is 27.3 Å². The van der Waals surface area contributed by atoms with Crippen LogP contribution in [0.5, 0.6) is 5.75 Å². The first-order chi connectivity index (χ1) is 9.62. The molecule has 1 aromatic carbocycles. The molecule has 0 spiro atoms. The predicted molar refractivity (Wildman–Crippen MR) is 86.8 cm³/mol. The van der Waals surface area contributed by atoms with E-state index in [0.29, 0.717) is 18.0 Å². The molecule has 0 aliphatic heterocycles. The van der Waals surface area contributed by atoms with Crippen LogP contribution in [0.15, 0.2) is 24.3 Å². The molecule has 1 aromatic rings. The minimum absolute atomic E-state index is 0.0670. The monoisotopic (exact) mass is 314 g/mol. The van der Waals surface area contributed by atoms with E-state index in [1.54, 1.807) is 24.3 Å². The van der Waals surface area contributed by atoms with Crippen LogP contribution in [-0.2, 0) is 10.0 Å². The number of rotatable bonds is 7. The summed E-state index contributed by atoms with van der Waals surface area (Å²) >= 11 is 0. The van der Waals surface area contributed by atoms with Gasteiger partial charge in [-0.2, -0.15) is 0 Å². The normalized spacial score (nSPS) is 13.9. The fraction of sp³-hybridized carbons (Fsp3) is 0.600. The van der Waals surface area contributed by atoms with Crippen molar-refractivity contribution in [1.82, 2.24) is 4.72 Å². The van der Waals surface area contributed by atoms with Crippen LogP contribution in [0.1, 0.15) is 27.7 Å². The van der Waals surface area contributed by atoms with Gasteiger partial charge in [0, 0.05) is 6.54 Å². The van der Waals surface area contributed by atoms with Gasteiger partial charge in [-0.1, -0.05) is 39.8 Å². The van der Waals surface area contributed by atoms with Gasteiger partial charge >= 0.3 is 0 Å². The zero-order chi connectivity index (χ0) is 16.1. The van der Waals surface area contributed by atoms with E-state index in [-0.39, 0.29) is 23.7 Å². The van der Waals surface area contributed by atoms with Gasteiger partial charge in [0.15, 0.2) is 0 Å². The number of nitrogens with two attached hydrogens (primary N) is 1. The van der Waals surface area contributed by atoms with Gasteiger partial charge in [0.05, 0.1) is 11.4 Å². The standard InChI is InChI=1S/C15H26N2O3S/c1-12(15(2,3)4)11-17-21(18,19)10-9-20-14-8-6-5-7-13(14)16/h5-8,12,17H,9-11,16H2,1-4H3. The number of hydrogen-bond acceptors (Lipinski definition) is 4. The van der Waals surface area contributed by atoms with Gasteiger partial charge in [0.1, 0.15) is 12.4 Å². The Morgan fingerprint density at radius 1 is 1.29 bits per heavy atom. The van der Waals surface area contributed by atoms with E-state index in [4.69, 9.17) is 10.5 Å². The van der Waals surface area contributed by atoms with Crippen LogP contribution in [0.3, 0.4) is 0 Å². The molecule has 6 heteroatoms. The molecule has 120 valence electrons. The number of para-hydroxylation sites is 2. The van der Waals surface area contributed by atoms with E-state index in [1.807, 2.05) is 6.92 Å². The van der Waals surface area contributed by atoms with Crippen LogP contribution in [0.25, 0.3) is 0 Å². The third kappa shape index (κ3) is 6.35. The first kappa shape index (κ1) is 17.8. The zero-order valence-electron chi connectivity index (χ0n) is 13.2. The molecule has 0 radical (unpaired) electrons. The van der Waals surface area contributed by atoms with Crippen molar-refractivity contribution in [3.63, 3.8) is 0 Å². The van der Waals surface area contributed by atoms with Crippen molar-refractivity contribution in [2.75, 3.05) is 24.6 Å². The van der Waals surface area contributed by atoms with Gasteiger partial charge < -0.3 is 10.5 Å². The van der Waals surface area contributed by atoms with E-state index in [2.05, 4.69) is 25.5 Å². The lowest BCUT2D eigenvalue weighted by Crippen LogP contribution is -2.36. The van der Waals surface area contributed by atoms with Gasteiger partial charge in [-0.3, -0.25) is 0 Å². The summed E-state index contributed by atoms with van der Waals surface area (Å²) in [7, 11) is -3.34. The van der Waals surface area contributed by atoms with Gasteiger partial charge in [-0.15, -0.1) is 0 Å². The van der Waals surface area contributed by atoms with E-state index < -0.39 is 10.0 Å². The van der Waals surface area contributed by atoms with Crippen LogP contribution in [0, 0.1) is 11.3 Å². The number of benzene rings is 1. The van der Waals surface area contributed by atoms with E-state index in [1.165, 1.54) is 0 Å². The molecule has 0 bridgehead atoms. The Hall–Kier alpha value is -1.27. The SMILES string of the molecule is CC(CNS(=O)(=O)CCOc1ccccc1N)C(C)(C)C. The third-order valence-corrected chi connectivity index (χ3v) is 4.93. The predicted octanol–water partition coefficient (Wildman–Crippen LogP) is 2.25. The maximum Gasteiger partial charge on any atom is 0.214 e. The molecule has 0 amide bonds. The molecule has 0 saturated carbocycles.